The number of oxazole rings is 1. The van der Waals surface area contributed by atoms with Crippen molar-refractivity contribution < 1.29 is 13.9 Å². The van der Waals surface area contributed by atoms with Crippen molar-refractivity contribution in [1.29, 1.82) is 0 Å². The van der Waals surface area contributed by atoms with E-state index in [1.54, 1.807) is 25.3 Å². The zero-order valence-corrected chi connectivity index (χ0v) is 20.2. The monoisotopic (exact) mass is 510 g/mol. The third-order valence-corrected chi connectivity index (χ3v) is 6.51. The number of hydrogen-bond donors (Lipinski definition) is 0. The molecule has 2 heterocycles. The van der Waals surface area contributed by atoms with Crippen LogP contribution in [-0.4, -0.2) is 22.4 Å². The van der Waals surface area contributed by atoms with E-state index in [2.05, 4.69) is 4.98 Å². The van der Waals surface area contributed by atoms with Gasteiger partial charge in [-0.25, -0.2) is 4.98 Å². The number of carbonyl (C=O) groups excluding carboxylic acids is 1. The van der Waals surface area contributed by atoms with Gasteiger partial charge in [-0.15, -0.1) is 0 Å². The van der Waals surface area contributed by atoms with Gasteiger partial charge in [0.05, 0.1) is 30.9 Å². The van der Waals surface area contributed by atoms with Crippen molar-refractivity contribution in [3.05, 3.63) is 105 Å². The van der Waals surface area contributed by atoms with Gasteiger partial charge in [0.25, 0.3) is 0 Å². The molecule has 5 rings (SSSR count). The molecular formula is C26H17Cl3N2O3. The molecule has 0 unspecified atom stereocenters. The van der Waals surface area contributed by atoms with E-state index in [0.717, 1.165) is 16.6 Å². The Balaban J connectivity index is 1.62. The third-order valence-electron chi connectivity index (χ3n) is 5.53. The highest BCUT2D eigenvalue weighted by atomic mass is 35.5. The van der Waals surface area contributed by atoms with Crippen molar-refractivity contribution in [1.82, 2.24) is 9.55 Å². The van der Waals surface area contributed by atoms with Crippen LogP contribution < -0.4 is 4.74 Å². The van der Waals surface area contributed by atoms with Crippen molar-refractivity contribution in [2.24, 2.45) is 0 Å². The average Bonchev–Trinajstić information content (AvgIpc) is 3.44. The van der Waals surface area contributed by atoms with E-state index in [0.29, 0.717) is 39.2 Å². The van der Waals surface area contributed by atoms with Crippen LogP contribution in [0, 0.1) is 0 Å². The van der Waals surface area contributed by atoms with Gasteiger partial charge in [-0.3, -0.25) is 4.79 Å². The fourth-order valence-corrected chi connectivity index (χ4v) is 4.64. The lowest BCUT2D eigenvalue weighted by atomic mass is 10.1. The van der Waals surface area contributed by atoms with Crippen LogP contribution in [0.1, 0.15) is 21.7 Å². The van der Waals surface area contributed by atoms with Crippen LogP contribution >= 0.6 is 34.8 Å². The summed E-state index contributed by atoms with van der Waals surface area (Å²) in [5.41, 5.74) is 2.64. The molecule has 5 nitrogen and oxygen atoms in total. The Bertz CT molecular complexity index is 1520. The first kappa shape index (κ1) is 22.5. The number of ether oxygens (including phenoxy) is 1. The fraction of sp³-hybridized carbons (Fsp3) is 0.0769. The molecule has 0 atom stereocenters. The van der Waals surface area contributed by atoms with E-state index in [-0.39, 0.29) is 16.7 Å². The summed E-state index contributed by atoms with van der Waals surface area (Å²) in [6, 6.07) is 20.1. The van der Waals surface area contributed by atoms with Gasteiger partial charge in [-0.1, -0.05) is 59.1 Å². The smallest absolute Gasteiger partial charge is 0.233 e. The Labute approximate surface area is 210 Å². The standard InChI is InChI=1S/C26H17Cl3N2O3/c1-33-18-9-10-21-19(12-18)23(25(29)31(21)14-16-7-8-17(27)11-20(16)28)24(32)22-13-30-26(34-22)15-5-3-2-4-6-15/h2-13H,14H2,1H3. The summed E-state index contributed by atoms with van der Waals surface area (Å²) in [5.74, 6) is 0.669. The minimum atomic E-state index is -0.376. The number of methoxy groups -OCH3 is 1. The minimum absolute atomic E-state index is 0.0900. The lowest BCUT2D eigenvalue weighted by Crippen LogP contribution is -2.03. The average molecular weight is 512 g/mol. The van der Waals surface area contributed by atoms with E-state index in [9.17, 15) is 4.79 Å². The summed E-state index contributed by atoms with van der Waals surface area (Å²) in [6.45, 7) is 0.344. The van der Waals surface area contributed by atoms with Gasteiger partial charge in [0, 0.05) is 21.0 Å². The van der Waals surface area contributed by atoms with E-state index in [4.69, 9.17) is 44.0 Å². The number of nitrogens with zero attached hydrogens (tertiary/aromatic N) is 2. The molecule has 0 saturated heterocycles. The lowest BCUT2D eigenvalue weighted by Gasteiger charge is -2.10. The summed E-state index contributed by atoms with van der Waals surface area (Å²) >= 11 is 19.3. The van der Waals surface area contributed by atoms with E-state index in [1.807, 2.05) is 53.1 Å². The van der Waals surface area contributed by atoms with Crippen molar-refractivity contribution in [3.8, 4) is 17.2 Å². The first-order chi connectivity index (χ1) is 16.5. The predicted octanol–water partition coefficient (Wildman–Crippen LogP) is 7.54. The number of benzene rings is 3. The van der Waals surface area contributed by atoms with Crippen LogP contribution in [0.15, 0.2) is 77.3 Å². The summed E-state index contributed by atoms with van der Waals surface area (Å²) < 4.78 is 13.0. The maximum Gasteiger partial charge on any atom is 0.233 e. The molecule has 8 heteroatoms. The topological polar surface area (TPSA) is 57.3 Å². The largest absolute Gasteiger partial charge is 0.497 e. The molecule has 3 aromatic carbocycles. The van der Waals surface area contributed by atoms with Crippen molar-refractivity contribution in [2.75, 3.05) is 7.11 Å². The molecular weight excluding hydrogens is 495 g/mol. The zero-order chi connectivity index (χ0) is 23.8. The summed E-state index contributed by atoms with van der Waals surface area (Å²) in [4.78, 5) is 17.9. The van der Waals surface area contributed by atoms with E-state index < -0.39 is 0 Å². The quantitative estimate of drug-likeness (QED) is 0.221. The maximum atomic E-state index is 13.6. The zero-order valence-electron chi connectivity index (χ0n) is 17.9. The maximum absolute atomic E-state index is 13.6. The summed E-state index contributed by atoms with van der Waals surface area (Å²) in [6.07, 6.45) is 1.42. The predicted molar refractivity (Wildman–Crippen MR) is 134 cm³/mol. The molecule has 0 N–H and O–H groups in total. The number of aromatic nitrogens is 2. The first-order valence-corrected chi connectivity index (χ1v) is 11.4. The summed E-state index contributed by atoms with van der Waals surface area (Å²) in [7, 11) is 1.57. The molecule has 0 aliphatic heterocycles. The van der Waals surface area contributed by atoms with Crippen molar-refractivity contribution >= 4 is 51.5 Å². The first-order valence-electron chi connectivity index (χ1n) is 10.3. The molecule has 34 heavy (non-hydrogen) atoms. The Kier molecular flexibility index (Phi) is 6.09. The van der Waals surface area contributed by atoms with Crippen molar-refractivity contribution in [3.63, 3.8) is 0 Å². The highest BCUT2D eigenvalue weighted by Crippen LogP contribution is 2.36. The Morgan fingerprint density at radius 3 is 2.56 bits per heavy atom. The normalized spacial score (nSPS) is 11.2. The highest BCUT2D eigenvalue weighted by Gasteiger charge is 2.26. The Morgan fingerprint density at radius 2 is 1.82 bits per heavy atom. The van der Waals surface area contributed by atoms with Gasteiger partial charge < -0.3 is 13.7 Å². The molecule has 0 fully saturated rings. The van der Waals surface area contributed by atoms with Crippen LogP contribution in [0.5, 0.6) is 5.75 Å². The molecule has 0 bridgehead atoms. The van der Waals surface area contributed by atoms with Gasteiger partial charge in [-0.2, -0.15) is 0 Å². The second kappa shape index (κ2) is 9.18. The molecule has 0 saturated carbocycles. The Morgan fingerprint density at radius 1 is 1.03 bits per heavy atom. The Hall–Kier alpha value is -3.25. The molecule has 0 aliphatic carbocycles. The van der Waals surface area contributed by atoms with Crippen molar-refractivity contribution in [2.45, 2.75) is 6.54 Å². The second-order valence-corrected chi connectivity index (χ2v) is 8.80. The number of halogens is 3. The van der Waals surface area contributed by atoms with E-state index in [1.165, 1.54) is 6.20 Å². The van der Waals surface area contributed by atoms with Gasteiger partial charge in [0.1, 0.15) is 10.9 Å². The highest BCUT2D eigenvalue weighted by molar-refractivity contribution is 6.37. The molecule has 5 aromatic rings. The lowest BCUT2D eigenvalue weighted by molar-refractivity contribution is 0.101. The number of ketones is 1. The summed E-state index contributed by atoms with van der Waals surface area (Å²) in [5, 5.41) is 1.95. The van der Waals surface area contributed by atoms with Gasteiger partial charge >= 0.3 is 0 Å². The van der Waals surface area contributed by atoms with Crippen LogP contribution in [0.3, 0.4) is 0 Å². The van der Waals surface area contributed by atoms with Gasteiger partial charge in [-0.05, 0) is 48.0 Å². The van der Waals surface area contributed by atoms with Crippen LogP contribution in [0.2, 0.25) is 15.2 Å². The molecule has 0 spiro atoms. The third kappa shape index (κ3) is 4.07. The molecule has 170 valence electrons. The number of carbonyl (C=O) groups is 1. The SMILES string of the molecule is COc1ccc2c(c1)c(C(=O)c1cnc(-c3ccccc3)o1)c(Cl)n2Cc1ccc(Cl)cc1Cl. The number of rotatable bonds is 6. The number of hydrogen-bond acceptors (Lipinski definition) is 4. The number of fused-ring (bicyclic) bond motifs is 1. The second-order valence-electron chi connectivity index (χ2n) is 7.60. The van der Waals surface area contributed by atoms with Crippen LogP contribution in [0.4, 0.5) is 0 Å². The van der Waals surface area contributed by atoms with Gasteiger partial charge in [0.15, 0.2) is 5.76 Å². The van der Waals surface area contributed by atoms with E-state index >= 15 is 0 Å². The molecule has 2 aromatic heterocycles. The van der Waals surface area contributed by atoms with Gasteiger partial charge in [0.2, 0.25) is 11.7 Å². The fourth-order valence-electron chi connectivity index (χ4n) is 3.84. The van der Waals surface area contributed by atoms with Crippen LogP contribution in [0.25, 0.3) is 22.4 Å². The molecule has 0 radical (unpaired) electrons. The molecule has 0 amide bonds. The molecule has 0 aliphatic rings. The minimum Gasteiger partial charge on any atom is -0.497 e. The van der Waals surface area contributed by atoms with Crippen LogP contribution in [-0.2, 0) is 6.54 Å².